The van der Waals surface area contributed by atoms with E-state index in [1.165, 1.54) is 44.6 Å². The van der Waals surface area contributed by atoms with Crippen LogP contribution in [0.2, 0.25) is 5.02 Å². The number of nitro benzene ring substituents is 1. The maximum Gasteiger partial charge on any atom is 0.335 e. The van der Waals surface area contributed by atoms with Crippen LogP contribution in [-0.2, 0) is 9.59 Å². The first-order valence-electron chi connectivity index (χ1n) is 8.34. The third kappa shape index (κ3) is 3.80. The Morgan fingerprint density at radius 3 is 2.33 bits per heavy atom. The second-order valence-electron chi connectivity index (χ2n) is 5.97. The standard InChI is InChI=1S/C19H14ClN3O7/c1-29-15-9-10(8-14(20)16(15)30-2)7-13-17(24)21-19(26)22(18(13)25)11-3-5-12(6-4-11)23(27)28/h3-9H,1-2H3,(H,21,24,26)/b13-7+. The number of carbonyl (C=O) groups is 3. The molecule has 10 nitrogen and oxygen atoms in total. The smallest absolute Gasteiger partial charge is 0.335 e. The van der Waals surface area contributed by atoms with Crippen LogP contribution < -0.4 is 19.7 Å². The van der Waals surface area contributed by atoms with Crippen LogP contribution in [0.1, 0.15) is 5.56 Å². The number of imide groups is 2. The topological polar surface area (TPSA) is 128 Å². The molecule has 2 aromatic carbocycles. The van der Waals surface area contributed by atoms with E-state index in [0.717, 1.165) is 12.1 Å². The number of carbonyl (C=O) groups excluding carboxylic acids is 3. The number of barbiturate groups is 1. The van der Waals surface area contributed by atoms with E-state index < -0.39 is 22.8 Å². The molecule has 0 atom stereocenters. The first-order valence-corrected chi connectivity index (χ1v) is 8.72. The molecule has 0 unspecified atom stereocenters. The third-order valence-corrected chi connectivity index (χ3v) is 4.47. The fourth-order valence-corrected chi connectivity index (χ4v) is 3.10. The van der Waals surface area contributed by atoms with Gasteiger partial charge in [-0.25, -0.2) is 9.69 Å². The fourth-order valence-electron chi connectivity index (χ4n) is 2.80. The Hall–Kier alpha value is -3.92. The lowest BCUT2D eigenvalue weighted by molar-refractivity contribution is -0.384. The Morgan fingerprint density at radius 2 is 1.77 bits per heavy atom. The number of non-ortho nitro benzene ring substituents is 1. The minimum absolute atomic E-state index is 0.0619. The van der Waals surface area contributed by atoms with Crippen LogP contribution in [0.15, 0.2) is 42.0 Å². The van der Waals surface area contributed by atoms with Crippen molar-refractivity contribution in [2.75, 3.05) is 19.1 Å². The molecule has 1 saturated heterocycles. The second kappa shape index (κ2) is 8.21. The van der Waals surface area contributed by atoms with E-state index in [0.29, 0.717) is 10.5 Å². The molecule has 0 bridgehead atoms. The van der Waals surface area contributed by atoms with Crippen molar-refractivity contribution in [3.63, 3.8) is 0 Å². The van der Waals surface area contributed by atoms with Crippen LogP contribution in [-0.4, -0.2) is 37.0 Å². The summed E-state index contributed by atoms with van der Waals surface area (Å²) in [6.45, 7) is 0. The number of benzene rings is 2. The zero-order valence-electron chi connectivity index (χ0n) is 15.7. The van der Waals surface area contributed by atoms with Gasteiger partial charge in [0, 0.05) is 12.1 Å². The molecule has 0 aliphatic carbocycles. The van der Waals surface area contributed by atoms with Gasteiger partial charge in [-0.15, -0.1) is 0 Å². The number of hydrogen-bond donors (Lipinski definition) is 1. The van der Waals surface area contributed by atoms with Crippen LogP contribution in [0.4, 0.5) is 16.2 Å². The Bertz CT molecular complexity index is 1100. The van der Waals surface area contributed by atoms with Crippen LogP contribution in [0.3, 0.4) is 0 Å². The van der Waals surface area contributed by atoms with E-state index in [1.54, 1.807) is 0 Å². The normalized spacial score (nSPS) is 15.2. The zero-order valence-corrected chi connectivity index (χ0v) is 16.4. The van der Waals surface area contributed by atoms with E-state index in [2.05, 4.69) is 5.32 Å². The average molecular weight is 432 g/mol. The van der Waals surface area contributed by atoms with Gasteiger partial charge in [-0.1, -0.05) is 11.6 Å². The summed E-state index contributed by atoms with van der Waals surface area (Å²) in [7, 11) is 2.81. The third-order valence-electron chi connectivity index (χ3n) is 4.19. The van der Waals surface area contributed by atoms with E-state index >= 15 is 0 Å². The number of nitrogens with zero attached hydrogens (tertiary/aromatic N) is 2. The predicted octanol–water partition coefficient (Wildman–Crippen LogP) is 2.93. The van der Waals surface area contributed by atoms with E-state index in [1.807, 2.05) is 0 Å². The minimum Gasteiger partial charge on any atom is -0.493 e. The molecule has 1 heterocycles. The summed E-state index contributed by atoms with van der Waals surface area (Å²) >= 11 is 6.15. The number of ether oxygens (including phenoxy) is 2. The summed E-state index contributed by atoms with van der Waals surface area (Å²) < 4.78 is 10.3. The number of hydrogen-bond acceptors (Lipinski definition) is 7. The maximum absolute atomic E-state index is 12.9. The number of methoxy groups -OCH3 is 2. The van der Waals surface area contributed by atoms with Crippen LogP contribution >= 0.6 is 11.6 Å². The fraction of sp³-hybridized carbons (Fsp3) is 0.105. The lowest BCUT2D eigenvalue weighted by Crippen LogP contribution is -2.54. The summed E-state index contributed by atoms with van der Waals surface area (Å²) in [5.74, 6) is -1.23. The van der Waals surface area contributed by atoms with Gasteiger partial charge >= 0.3 is 6.03 Å². The molecule has 2 aromatic rings. The monoisotopic (exact) mass is 431 g/mol. The highest BCUT2D eigenvalue weighted by Crippen LogP contribution is 2.37. The Balaban J connectivity index is 2.02. The molecule has 1 aliphatic heterocycles. The molecule has 0 spiro atoms. The number of halogens is 1. The summed E-state index contributed by atoms with van der Waals surface area (Å²) in [4.78, 5) is 48.3. The van der Waals surface area contributed by atoms with Crippen LogP contribution in [0.25, 0.3) is 6.08 Å². The Morgan fingerprint density at radius 1 is 1.10 bits per heavy atom. The summed E-state index contributed by atoms with van der Waals surface area (Å²) in [5.41, 5.74) is -0.132. The van der Waals surface area contributed by atoms with E-state index in [4.69, 9.17) is 21.1 Å². The molecule has 154 valence electrons. The highest BCUT2D eigenvalue weighted by atomic mass is 35.5. The number of nitrogens with one attached hydrogen (secondary N) is 1. The van der Waals surface area contributed by atoms with Gasteiger partial charge in [0.15, 0.2) is 11.5 Å². The largest absolute Gasteiger partial charge is 0.493 e. The van der Waals surface area contributed by atoms with Crippen molar-refractivity contribution in [2.45, 2.75) is 0 Å². The minimum atomic E-state index is -0.971. The molecule has 1 fully saturated rings. The van der Waals surface area contributed by atoms with Crippen molar-refractivity contribution in [1.29, 1.82) is 0 Å². The van der Waals surface area contributed by atoms with Crippen molar-refractivity contribution in [1.82, 2.24) is 5.32 Å². The van der Waals surface area contributed by atoms with Crippen molar-refractivity contribution >= 4 is 46.9 Å². The summed E-state index contributed by atoms with van der Waals surface area (Å²) in [6.07, 6.45) is 1.25. The second-order valence-corrected chi connectivity index (χ2v) is 6.38. The van der Waals surface area contributed by atoms with Crippen molar-refractivity contribution < 1.29 is 28.8 Å². The molecule has 3 rings (SSSR count). The van der Waals surface area contributed by atoms with Gasteiger partial charge in [-0.3, -0.25) is 25.0 Å². The van der Waals surface area contributed by atoms with Gasteiger partial charge in [0.05, 0.1) is 29.9 Å². The Kier molecular flexibility index (Phi) is 5.70. The molecule has 0 saturated carbocycles. The summed E-state index contributed by atoms with van der Waals surface area (Å²) in [5, 5.41) is 13.1. The van der Waals surface area contributed by atoms with E-state index in [-0.39, 0.29) is 33.5 Å². The molecule has 0 radical (unpaired) electrons. The van der Waals surface area contributed by atoms with Crippen LogP contribution in [0, 0.1) is 10.1 Å². The first-order chi connectivity index (χ1) is 14.3. The van der Waals surface area contributed by atoms with Gasteiger partial charge in [-0.2, -0.15) is 0 Å². The molecule has 30 heavy (non-hydrogen) atoms. The van der Waals surface area contributed by atoms with Crippen molar-refractivity contribution in [3.05, 3.63) is 62.7 Å². The number of amides is 4. The first kappa shape index (κ1) is 20.8. The number of anilines is 1. The lowest BCUT2D eigenvalue weighted by Gasteiger charge is -2.26. The molecule has 0 aromatic heterocycles. The van der Waals surface area contributed by atoms with Gasteiger partial charge in [-0.05, 0) is 35.9 Å². The van der Waals surface area contributed by atoms with Gasteiger partial charge in [0.2, 0.25) is 0 Å². The maximum atomic E-state index is 12.9. The molecule has 1 aliphatic rings. The van der Waals surface area contributed by atoms with Crippen LogP contribution in [0.5, 0.6) is 11.5 Å². The SMILES string of the molecule is COc1cc(/C=C2\C(=O)NC(=O)N(c3ccc([N+](=O)[O-])cc3)C2=O)cc(Cl)c1OC. The predicted molar refractivity (Wildman–Crippen MR) is 107 cm³/mol. The van der Waals surface area contributed by atoms with Gasteiger partial charge in [0.1, 0.15) is 5.57 Å². The van der Waals surface area contributed by atoms with Crippen molar-refractivity contribution in [3.8, 4) is 11.5 Å². The number of nitro groups is 1. The number of urea groups is 1. The molecule has 11 heteroatoms. The lowest BCUT2D eigenvalue weighted by atomic mass is 10.1. The molecular formula is C19H14ClN3O7. The molecule has 4 amide bonds. The Labute approximate surface area is 174 Å². The van der Waals surface area contributed by atoms with Crippen molar-refractivity contribution in [2.24, 2.45) is 0 Å². The van der Waals surface area contributed by atoms with E-state index in [9.17, 15) is 24.5 Å². The highest BCUT2D eigenvalue weighted by molar-refractivity contribution is 6.39. The molecular weight excluding hydrogens is 418 g/mol. The highest BCUT2D eigenvalue weighted by Gasteiger charge is 2.37. The number of rotatable bonds is 5. The van der Waals surface area contributed by atoms with Gasteiger partial charge < -0.3 is 9.47 Å². The quantitative estimate of drug-likeness (QED) is 0.333. The average Bonchev–Trinajstić information content (AvgIpc) is 2.70. The zero-order chi connectivity index (χ0) is 22.0. The summed E-state index contributed by atoms with van der Waals surface area (Å²) in [6, 6.07) is 6.75. The van der Waals surface area contributed by atoms with Gasteiger partial charge in [0.25, 0.3) is 17.5 Å². The molecule has 1 N–H and O–H groups in total.